The maximum atomic E-state index is 13.1. The van der Waals surface area contributed by atoms with Gasteiger partial charge < -0.3 is 0 Å². The fraction of sp³-hybridized carbons (Fsp3) is 0.500. The predicted molar refractivity (Wildman–Crippen MR) is 116 cm³/mol. The maximum absolute atomic E-state index is 13.1. The molecule has 154 valence electrons. The third kappa shape index (κ3) is 3.66. The Hall–Kier alpha value is -2.00. The van der Waals surface area contributed by atoms with Gasteiger partial charge in [-0.2, -0.15) is 0 Å². The number of carbonyl (C=O) groups excluding carboxylic acids is 1. The van der Waals surface area contributed by atoms with E-state index in [-0.39, 0.29) is 22.4 Å². The molecular weight excluding hydrogens is 361 g/mol. The SMILES string of the molecule is Cc1ccc2c(c1)C1(C)CCN(CCCC(=O)c3ccc(F)cc3)C(C1)C2(C)C. The number of hydrogen-bond donors (Lipinski definition) is 0. The van der Waals surface area contributed by atoms with Crippen LogP contribution in [0.25, 0.3) is 0 Å². The number of piperidine rings is 1. The van der Waals surface area contributed by atoms with Crippen LogP contribution >= 0.6 is 0 Å². The largest absolute Gasteiger partial charge is 0.299 e. The maximum Gasteiger partial charge on any atom is 0.162 e. The minimum Gasteiger partial charge on any atom is -0.299 e. The van der Waals surface area contributed by atoms with Gasteiger partial charge in [-0.1, -0.05) is 44.5 Å². The molecule has 2 nitrogen and oxygen atoms in total. The van der Waals surface area contributed by atoms with Gasteiger partial charge in [-0.3, -0.25) is 9.69 Å². The number of fused-ring (bicyclic) bond motifs is 4. The molecule has 2 aromatic rings. The molecule has 0 spiro atoms. The molecule has 0 aromatic heterocycles. The second kappa shape index (κ2) is 7.36. The van der Waals surface area contributed by atoms with E-state index in [2.05, 4.69) is 50.8 Å². The first-order valence-electron chi connectivity index (χ1n) is 10.9. The molecule has 1 saturated heterocycles. The van der Waals surface area contributed by atoms with Crippen molar-refractivity contribution in [3.63, 3.8) is 0 Å². The van der Waals surface area contributed by atoms with Gasteiger partial charge in [0.05, 0.1) is 0 Å². The molecule has 1 aliphatic heterocycles. The standard InChI is InChI=1S/C26H32FNO/c1-18-7-12-21-22(16-18)26(4)13-15-28(24(17-26)25(21,2)3)14-5-6-23(29)19-8-10-20(27)11-9-19/h7-12,16,24H,5-6,13-15,17H2,1-4H3. The highest BCUT2D eigenvalue weighted by molar-refractivity contribution is 5.95. The fourth-order valence-electron chi connectivity index (χ4n) is 5.55. The van der Waals surface area contributed by atoms with Crippen LogP contribution in [-0.4, -0.2) is 29.8 Å². The number of nitrogens with zero attached hydrogens (tertiary/aromatic N) is 1. The van der Waals surface area contributed by atoms with E-state index in [0.717, 1.165) is 19.5 Å². The number of aryl methyl sites for hydroxylation is 1. The quantitative estimate of drug-likeness (QED) is 0.598. The summed E-state index contributed by atoms with van der Waals surface area (Å²) in [7, 11) is 0. The van der Waals surface area contributed by atoms with E-state index < -0.39 is 0 Å². The van der Waals surface area contributed by atoms with Crippen LogP contribution in [-0.2, 0) is 10.8 Å². The second-order valence-corrected chi connectivity index (χ2v) is 9.87. The van der Waals surface area contributed by atoms with Crippen LogP contribution in [0.2, 0.25) is 0 Å². The Labute approximate surface area is 174 Å². The van der Waals surface area contributed by atoms with Crippen LogP contribution < -0.4 is 0 Å². The lowest BCUT2D eigenvalue weighted by molar-refractivity contribution is 0.0376. The first-order chi connectivity index (χ1) is 13.7. The lowest BCUT2D eigenvalue weighted by Crippen LogP contribution is -2.59. The summed E-state index contributed by atoms with van der Waals surface area (Å²) in [6.45, 7) is 11.4. The molecule has 2 aromatic carbocycles. The summed E-state index contributed by atoms with van der Waals surface area (Å²) in [4.78, 5) is 15.1. The molecule has 2 unspecified atom stereocenters. The number of benzene rings is 2. The minimum absolute atomic E-state index is 0.101. The molecule has 0 radical (unpaired) electrons. The topological polar surface area (TPSA) is 20.3 Å². The van der Waals surface area contributed by atoms with Crippen molar-refractivity contribution < 1.29 is 9.18 Å². The highest BCUT2D eigenvalue weighted by Crippen LogP contribution is 2.52. The number of likely N-dealkylation sites (tertiary alicyclic amines) is 1. The predicted octanol–water partition coefficient (Wildman–Crippen LogP) is 5.81. The van der Waals surface area contributed by atoms with Gasteiger partial charge in [0.2, 0.25) is 0 Å². The molecule has 3 heteroatoms. The van der Waals surface area contributed by atoms with E-state index in [4.69, 9.17) is 0 Å². The Bertz CT molecular complexity index is 917. The molecule has 1 aliphatic carbocycles. The molecule has 29 heavy (non-hydrogen) atoms. The number of hydrogen-bond acceptors (Lipinski definition) is 2. The van der Waals surface area contributed by atoms with Gasteiger partial charge in [-0.05, 0) is 80.1 Å². The van der Waals surface area contributed by atoms with Crippen molar-refractivity contribution in [2.24, 2.45) is 0 Å². The third-order valence-corrected chi connectivity index (χ3v) is 7.40. The molecule has 2 aliphatic rings. The van der Waals surface area contributed by atoms with Crippen molar-refractivity contribution in [1.29, 1.82) is 0 Å². The number of halogens is 1. The number of carbonyl (C=O) groups is 1. The van der Waals surface area contributed by atoms with Crippen LogP contribution in [0, 0.1) is 12.7 Å². The minimum atomic E-state index is -0.298. The summed E-state index contributed by atoms with van der Waals surface area (Å²) in [6.07, 6.45) is 3.72. The summed E-state index contributed by atoms with van der Waals surface area (Å²) in [5, 5.41) is 0. The highest BCUT2D eigenvalue weighted by atomic mass is 19.1. The van der Waals surface area contributed by atoms with Crippen LogP contribution in [0.4, 0.5) is 4.39 Å². The van der Waals surface area contributed by atoms with E-state index in [1.165, 1.54) is 36.1 Å². The van der Waals surface area contributed by atoms with Crippen molar-refractivity contribution >= 4 is 5.78 Å². The van der Waals surface area contributed by atoms with Gasteiger partial charge in [0, 0.05) is 23.4 Å². The Morgan fingerprint density at radius 1 is 1.10 bits per heavy atom. The summed E-state index contributed by atoms with van der Waals surface area (Å²) in [5.74, 6) is -0.191. The molecule has 2 bridgehead atoms. The number of ketones is 1. The first kappa shape index (κ1) is 20.3. The number of Topliss-reactive ketones (excluding diaryl/α,β-unsaturated/α-hetero) is 1. The van der Waals surface area contributed by atoms with Gasteiger partial charge in [-0.15, -0.1) is 0 Å². The fourth-order valence-corrected chi connectivity index (χ4v) is 5.55. The zero-order chi connectivity index (χ0) is 20.8. The van der Waals surface area contributed by atoms with Crippen molar-refractivity contribution in [2.75, 3.05) is 13.1 Å². The average Bonchev–Trinajstić information content (AvgIpc) is 2.68. The van der Waals surface area contributed by atoms with Gasteiger partial charge in [0.15, 0.2) is 5.78 Å². The molecule has 0 saturated carbocycles. The summed E-state index contributed by atoms with van der Waals surface area (Å²) < 4.78 is 13.1. The van der Waals surface area contributed by atoms with Gasteiger partial charge in [0.1, 0.15) is 5.82 Å². The molecule has 2 atom stereocenters. The van der Waals surface area contributed by atoms with E-state index in [1.54, 1.807) is 17.7 Å². The number of rotatable bonds is 5. The molecule has 1 fully saturated rings. The lowest BCUT2D eigenvalue weighted by Gasteiger charge is -2.57. The first-order valence-corrected chi connectivity index (χ1v) is 10.9. The zero-order valence-electron chi connectivity index (χ0n) is 18.1. The zero-order valence-corrected chi connectivity index (χ0v) is 18.1. The summed E-state index contributed by atoms with van der Waals surface area (Å²) in [5.41, 5.74) is 5.35. The van der Waals surface area contributed by atoms with Crippen molar-refractivity contribution in [1.82, 2.24) is 4.90 Å². The molecule has 0 N–H and O–H groups in total. The Morgan fingerprint density at radius 3 is 2.55 bits per heavy atom. The van der Waals surface area contributed by atoms with Crippen molar-refractivity contribution in [3.05, 3.63) is 70.5 Å². The second-order valence-electron chi connectivity index (χ2n) is 9.87. The van der Waals surface area contributed by atoms with Crippen molar-refractivity contribution in [3.8, 4) is 0 Å². The summed E-state index contributed by atoms with van der Waals surface area (Å²) in [6, 6.07) is 13.4. The molecular formula is C26H32FNO. The lowest BCUT2D eigenvalue weighted by atomic mass is 9.56. The molecule has 0 amide bonds. The van der Waals surface area contributed by atoms with Gasteiger partial charge >= 0.3 is 0 Å². The Kier molecular flexibility index (Phi) is 5.14. The monoisotopic (exact) mass is 393 g/mol. The normalized spacial score (nSPS) is 25.5. The third-order valence-electron chi connectivity index (χ3n) is 7.40. The average molecular weight is 394 g/mol. The van der Waals surface area contributed by atoms with E-state index >= 15 is 0 Å². The van der Waals surface area contributed by atoms with Crippen LogP contribution in [0.3, 0.4) is 0 Å². The molecule has 1 heterocycles. The Morgan fingerprint density at radius 2 is 1.83 bits per heavy atom. The van der Waals surface area contributed by atoms with E-state index in [9.17, 15) is 9.18 Å². The van der Waals surface area contributed by atoms with Crippen molar-refractivity contribution in [2.45, 2.75) is 70.3 Å². The van der Waals surface area contributed by atoms with Crippen LogP contribution in [0.15, 0.2) is 42.5 Å². The highest BCUT2D eigenvalue weighted by Gasteiger charge is 2.50. The molecule has 4 rings (SSSR count). The summed E-state index contributed by atoms with van der Waals surface area (Å²) >= 11 is 0. The van der Waals surface area contributed by atoms with Crippen LogP contribution in [0.1, 0.15) is 73.5 Å². The van der Waals surface area contributed by atoms with Gasteiger partial charge in [-0.25, -0.2) is 4.39 Å². The van der Waals surface area contributed by atoms with E-state index in [0.29, 0.717) is 18.0 Å². The van der Waals surface area contributed by atoms with Crippen LogP contribution in [0.5, 0.6) is 0 Å². The Balaban J connectivity index is 1.46. The van der Waals surface area contributed by atoms with Gasteiger partial charge in [0.25, 0.3) is 0 Å². The smallest absolute Gasteiger partial charge is 0.162 e. The van der Waals surface area contributed by atoms with E-state index in [1.807, 2.05) is 0 Å².